The van der Waals surface area contributed by atoms with Gasteiger partial charge in [0.05, 0.1) is 52.6 Å². The highest BCUT2D eigenvalue weighted by molar-refractivity contribution is 6.33. The van der Waals surface area contributed by atoms with E-state index in [1.54, 1.807) is 6.07 Å². The summed E-state index contributed by atoms with van der Waals surface area (Å²) in [6.45, 7) is 9.52. The summed E-state index contributed by atoms with van der Waals surface area (Å²) in [5.41, 5.74) is -2.21. The van der Waals surface area contributed by atoms with Gasteiger partial charge < -0.3 is 25.3 Å². The lowest BCUT2D eigenvalue weighted by Crippen LogP contribution is -2.55. The van der Waals surface area contributed by atoms with Gasteiger partial charge in [-0.15, -0.1) is 5.10 Å². The van der Waals surface area contributed by atoms with Crippen molar-refractivity contribution in [2.75, 3.05) is 69.7 Å². The molecule has 0 unspecified atom stereocenters. The first-order chi connectivity index (χ1) is 22.3. The number of amides is 2. The van der Waals surface area contributed by atoms with Crippen molar-refractivity contribution in [3.63, 3.8) is 0 Å². The van der Waals surface area contributed by atoms with Crippen LogP contribution in [0, 0.1) is 0 Å². The molecular formula is C30H37ClF3N9O4. The molecule has 0 radical (unpaired) electrons. The second kappa shape index (κ2) is 14.4. The molecule has 1 aromatic carbocycles. The highest BCUT2D eigenvalue weighted by Gasteiger charge is 2.36. The van der Waals surface area contributed by atoms with Gasteiger partial charge in [0, 0.05) is 57.1 Å². The molecule has 2 amide bonds. The number of benzene rings is 1. The third-order valence-corrected chi connectivity index (χ3v) is 8.80. The van der Waals surface area contributed by atoms with Crippen LogP contribution in [0.5, 0.6) is 0 Å². The van der Waals surface area contributed by atoms with E-state index in [2.05, 4.69) is 35.7 Å². The molecule has 2 aliphatic rings. The zero-order valence-electron chi connectivity index (χ0n) is 26.2. The maximum absolute atomic E-state index is 13.8. The highest BCUT2D eigenvalue weighted by Crippen LogP contribution is 2.37. The van der Waals surface area contributed by atoms with Crippen LogP contribution in [0.4, 0.5) is 24.5 Å². The monoisotopic (exact) mass is 679 g/mol. The first kappa shape index (κ1) is 34.3. The summed E-state index contributed by atoms with van der Waals surface area (Å²) in [5.74, 6) is -1.52. The van der Waals surface area contributed by atoms with Gasteiger partial charge in [-0.2, -0.15) is 13.2 Å². The Balaban J connectivity index is 1.41. The highest BCUT2D eigenvalue weighted by atomic mass is 35.5. The number of nitrogens with one attached hydrogen (secondary N) is 3. The number of aromatic nitrogens is 4. The molecule has 254 valence electrons. The van der Waals surface area contributed by atoms with Gasteiger partial charge in [0.15, 0.2) is 5.69 Å². The molecule has 17 heteroatoms. The van der Waals surface area contributed by atoms with Crippen molar-refractivity contribution in [2.24, 2.45) is 0 Å². The van der Waals surface area contributed by atoms with Gasteiger partial charge in [0.2, 0.25) is 5.56 Å². The molecule has 2 aliphatic heterocycles. The predicted molar refractivity (Wildman–Crippen MR) is 169 cm³/mol. The van der Waals surface area contributed by atoms with Crippen molar-refractivity contribution in [1.29, 1.82) is 0 Å². The summed E-state index contributed by atoms with van der Waals surface area (Å²) in [5, 5.41) is 13.7. The number of carbonyl (C=O) groups is 2. The third kappa shape index (κ3) is 8.12. The van der Waals surface area contributed by atoms with Crippen molar-refractivity contribution in [2.45, 2.75) is 38.5 Å². The van der Waals surface area contributed by atoms with E-state index < -0.39 is 34.7 Å². The van der Waals surface area contributed by atoms with E-state index in [-0.39, 0.29) is 34.2 Å². The molecule has 2 atom stereocenters. The van der Waals surface area contributed by atoms with Gasteiger partial charge in [0.25, 0.3) is 11.8 Å². The van der Waals surface area contributed by atoms with Crippen LogP contribution in [0.1, 0.15) is 46.7 Å². The fourth-order valence-corrected chi connectivity index (χ4v) is 5.92. The number of H-pyrrole nitrogens is 1. The quantitative estimate of drug-likeness (QED) is 0.291. The summed E-state index contributed by atoms with van der Waals surface area (Å²) in [6, 6.07) is 3.64. The molecule has 47 heavy (non-hydrogen) atoms. The Morgan fingerprint density at radius 2 is 1.79 bits per heavy atom. The summed E-state index contributed by atoms with van der Waals surface area (Å²) >= 11 is 6.74. The number of hydrogen-bond donors (Lipinski definition) is 3. The molecule has 0 bridgehead atoms. The summed E-state index contributed by atoms with van der Waals surface area (Å²) < 4.78 is 48.0. The molecule has 13 nitrogen and oxygen atoms in total. The molecule has 2 fully saturated rings. The van der Waals surface area contributed by atoms with Crippen molar-refractivity contribution < 1.29 is 27.5 Å². The normalized spacial score (nSPS) is 19.5. The number of alkyl halides is 3. The van der Waals surface area contributed by atoms with Gasteiger partial charge in [-0.25, -0.2) is 4.68 Å². The number of piperazine rings is 1. The molecule has 0 aliphatic carbocycles. The van der Waals surface area contributed by atoms with Crippen LogP contribution in [0.15, 0.2) is 35.4 Å². The first-order valence-electron chi connectivity index (χ1n) is 15.2. The minimum absolute atomic E-state index is 0.0341. The average Bonchev–Trinajstić information content (AvgIpc) is 3.52. The van der Waals surface area contributed by atoms with Gasteiger partial charge >= 0.3 is 6.18 Å². The van der Waals surface area contributed by atoms with Gasteiger partial charge in [0.1, 0.15) is 0 Å². The number of anilines is 2. The van der Waals surface area contributed by atoms with Crippen LogP contribution in [0.3, 0.4) is 0 Å². The van der Waals surface area contributed by atoms with E-state index in [4.69, 9.17) is 16.3 Å². The molecule has 2 saturated heterocycles. The van der Waals surface area contributed by atoms with E-state index in [0.29, 0.717) is 44.6 Å². The van der Waals surface area contributed by atoms with E-state index in [1.807, 2.05) is 25.8 Å². The molecule has 3 N–H and O–H groups in total. The Morgan fingerprint density at radius 3 is 2.47 bits per heavy atom. The maximum Gasteiger partial charge on any atom is 0.417 e. The zero-order valence-corrected chi connectivity index (χ0v) is 27.0. The van der Waals surface area contributed by atoms with Gasteiger partial charge in [-0.1, -0.05) is 16.8 Å². The number of halogens is 4. The Bertz CT molecular complexity index is 1650. The molecule has 0 spiro atoms. The van der Waals surface area contributed by atoms with Crippen molar-refractivity contribution in [3.8, 4) is 5.69 Å². The maximum atomic E-state index is 13.8. The molecule has 4 heterocycles. The molecule has 3 aromatic rings. The minimum atomic E-state index is -4.95. The van der Waals surface area contributed by atoms with Crippen molar-refractivity contribution >= 4 is 34.8 Å². The largest absolute Gasteiger partial charge is 0.417 e. The fraction of sp³-hybridized carbons (Fsp3) is 0.500. The molecule has 2 aromatic heterocycles. The first-order valence-corrected chi connectivity index (χ1v) is 15.6. The lowest BCUT2D eigenvalue weighted by molar-refractivity contribution is -0.138. The van der Waals surface area contributed by atoms with Crippen LogP contribution in [0.25, 0.3) is 5.69 Å². The lowest BCUT2D eigenvalue weighted by Gasteiger charge is -2.44. The number of ether oxygens (including phenoxy) is 1. The van der Waals surface area contributed by atoms with Gasteiger partial charge in [-0.05, 0) is 46.0 Å². The summed E-state index contributed by atoms with van der Waals surface area (Å²) in [4.78, 5) is 46.5. The number of pyridine rings is 1. The predicted octanol–water partition coefficient (Wildman–Crippen LogP) is 2.86. The van der Waals surface area contributed by atoms with E-state index >= 15 is 0 Å². The Labute approximate surface area is 274 Å². The standard InChI is InChI=1S/C30H37ClF3N9O4/c1-18-15-42(16-19(2)40(18)3)26-12-22(31)25(13-23(26)37-28(45)20-14-36-27(44)11-21(20)30(32,33)34)43-17-24(38-39-43)29(46)35-5-4-6-41-7-9-47-10-8-41/h11-14,17-19H,4-10,15-16H2,1-3H3,(H,35,46)(H,36,44)(H,37,45)/t18-,19+. The van der Waals surface area contributed by atoms with Crippen molar-refractivity contribution in [3.05, 3.63) is 62.8 Å². The van der Waals surface area contributed by atoms with E-state index in [1.165, 1.54) is 16.9 Å². The Hall–Kier alpha value is -3.99. The SMILES string of the molecule is C[C@@H]1CN(c2cc(Cl)c(-n3cc(C(=O)NCCCN4CCOCC4)nn3)cc2NC(=O)c2c[nH]c(=O)cc2C(F)(F)F)C[C@H](C)N1C. The topological polar surface area (TPSA) is 141 Å². The van der Waals surface area contributed by atoms with Crippen LogP contribution >= 0.6 is 11.6 Å². The van der Waals surface area contributed by atoms with Crippen LogP contribution < -0.4 is 21.1 Å². The van der Waals surface area contributed by atoms with Crippen LogP contribution in [-0.4, -0.2) is 113 Å². The second-order valence-corrected chi connectivity index (χ2v) is 12.2. The number of hydrogen-bond acceptors (Lipinski definition) is 9. The number of aromatic amines is 1. The summed E-state index contributed by atoms with van der Waals surface area (Å²) in [7, 11) is 2.00. The number of rotatable bonds is 9. The van der Waals surface area contributed by atoms with E-state index in [9.17, 15) is 27.6 Å². The smallest absolute Gasteiger partial charge is 0.379 e. The second-order valence-electron chi connectivity index (χ2n) is 11.8. The van der Waals surface area contributed by atoms with Crippen LogP contribution in [0.2, 0.25) is 5.02 Å². The summed E-state index contributed by atoms with van der Waals surface area (Å²) in [6.07, 6.45) is -2.09. The van der Waals surface area contributed by atoms with Gasteiger partial charge in [-0.3, -0.25) is 24.2 Å². The van der Waals surface area contributed by atoms with E-state index in [0.717, 1.165) is 32.3 Å². The number of carbonyl (C=O) groups excluding carboxylic acids is 2. The Kier molecular flexibility index (Phi) is 10.5. The zero-order chi connectivity index (χ0) is 33.9. The number of likely N-dealkylation sites (N-methyl/N-ethyl adjacent to an activating group) is 1. The Morgan fingerprint density at radius 1 is 1.09 bits per heavy atom. The number of morpholine rings is 1. The molecule has 5 rings (SSSR count). The third-order valence-electron chi connectivity index (χ3n) is 8.50. The molecular weight excluding hydrogens is 643 g/mol. The van der Waals surface area contributed by atoms with Crippen LogP contribution in [-0.2, 0) is 10.9 Å². The lowest BCUT2D eigenvalue weighted by atomic mass is 10.1. The fourth-order valence-electron chi connectivity index (χ4n) is 5.68. The number of nitrogens with zero attached hydrogens (tertiary/aromatic N) is 6. The molecule has 0 saturated carbocycles. The minimum Gasteiger partial charge on any atom is -0.379 e. The average molecular weight is 680 g/mol. The van der Waals surface area contributed by atoms with Crippen molar-refractivity contribution in [1.82, 2.24) is 35.1 Å².